The summed E-state index contributed by atoms with van der Waals surface area (Å²) in [6.07, 6.45) is 4.00. The topological polar surface area (TPSA) is 29.5 Å². The molecule has 1 aliphatic rings. The molecule has 1 aromatic carbocycles. The number of benzene rings is 1. The second-order valence-electron chi connectivity index (χ2n) is 5.77. The molecule has 0 saturated heterocycles. The minimum atomic E-state index is -0.602. The molecule has 0 heterocycles. The van der Waals surface area contributed by atoms with E-state index in [1.165, 1.54) is 5.56 Å². The summed E-state index contributed by atoms with van der Waals surface area (Å²) in [6.45, 7) is 4.50. The van der Waals surface area contributed by atoms with Gasteiger partial charge in [0.15, 0.2) is 0 Å². The predicted octanol–water partition coefficient (Wildman–Crippen LogP) is 3.50. The van der Waals surface area contributed by atoms with Gasteiger partial charge in [0.1, 0.15) is 0 Å². The van der Waals surface area contributed by atoms with Crippen molar-refractivity contribution in [3.63, 3.8) is 0 Å². The van der Waals surface area contributed by atoms with E-state index < -0.39 is 5.60 Å². The molecule has 2 rings (SSSR count). The van der Waals surface area contributed by atoms with Gasteiger partial charge in [-0.3, -0.25) is 0 Å². The van der Waals surface area contributed by atoms with Crippen LogP contribution in [0, 0.1) is 0 Å². The molecule has 0 unspecified atom stereocenters. The van der Waals surface area contributed by atoms with Crippen LogP contribution >= 0.6 is 0 Å². The quantitative estimate of drug-likeness (QED) is 0.883. The molecule has 0 spiro atoms. The van der Waals surface area contributed by atoms with Gasteiger partial charge in [-0.25, -0.2) is 0 Å². The Morgan fingerprint density at radius 1 is 1.22 bits per heavy atom. The first-order chi connectivity index (χ1) is 8.59. The van der Waals surface area contributed by atoms with Gasteiger partial charge in [-0.15, -0.1) is 0 Å². The third kappa shape index (κ3) is 3.56. The van der Waals surface area contributed by atoms with Crippen LogP contribution in [0.15, 0.2) is 30.3 Å². The van der Waals surface area contributed by atoms with E-state index in [2.05, 4.69) is 30.3 Å². The van der Waals surface area contributed by atoms with E-state index in [0.29, 0.717) is 12.5 Å². The molecule has 1 fully saturated rings. The molecule has 0 aromatic heterocycles. The fraction of sp³-hybridized carbons (Fsp3) is 0.625. The summed E-state index contributed by atoms with van der Waals surface area (Å²) in [5, 5.41) is 10.5. The van der Waals surface area contributed by atoms with Gasteiger partial charge in [-0.05, 0) is 51.0 Å². The van der Waals surface area contributed by atoms with E-state index in [9.17, 15) is 5.11 Å². The summed E-state index contributed by atoms with van der Waals surface area (Å²) in [5.41, 5.74) is 0.805. The van der Waals surface area contributed by atoms with Crippen LogP contribution in [-0.2, 0) is 4.74 Å². The molecule has 0 bridgehead atoms. The minimum absolute atomic E-state index is 0.195. The van der Waals surface area contributed by atoms with Crippen LogP contribution < -0.4 is 0 Å². The minimum Gasteiger partial charge on any atom is -0.387 e. The van der Waals surface area contributed by atoms with Gasteiger partial charge < -0.3 is 9.84 Å². The molecule has 1 saturated carbocycles. The molecule has 1 aromatic rings. The number of hydrogen-bond acceptors (Lipinski definition) is 2. The molecule has 18 heavy (non-hydrogen) atoms. The lowest BCUT2D eigenvalue weighted by molar-refractivity contribution is -0.0858. The molecule has 0 amide bonds. The van der Waals surface area contributed by atoms with Crippen molar-refractivity contribution >= 4 is 0 Å². The van der Waals surface area contributed by atoms with Crippen LogP contribution in [0.4, 0.5) is 0 Å². The molecule has 100 valence electrons. The molecule has 0 aliphatic heterocycles. The lowest BCUT2D eigenvalue weighted by Crippen LogP contribution is -2.39. The number of aliphatic hydroxyl groups is 1. The predicted molar refractivity (Wildman–Crippen MR) is 73.7 cm³/mol. The van der Waals surface area contributed by atoms with Crippen molar-refractivity contribution < 1.29 is 9.84 Å². The molecule has 0 radical (unpaired) electrons. The Morgan fingerprint density at radius 2 is 1.83 bits per heavy atom. The summed E-state index contributed by atoms with van der Waals surface area (Å²) in [4.78, 5) is 0. The lowest BCUT2D eigenvalue weighted by Gasteiger charge is -2.36. The number of hydrogen-bond donors (Lipinski definition) is 1. The number of rotatable bonds is 4. The zero-order chi connectivity index (χ0) is 13.0. The normalized spacial score (nSPS) is 28.6. The van der Waals surface area contributed by atoms with Gasteiger partial charge in [-0.2, -0.15) is 0 Å². The first-order valence-electron chi connectivity index (χ1n) is 6.98. The van der Waals surface area contributed by atoms with Gasteiger partial charge in [0.05, 0.1) is 18.3 Å². The van der Waals surface area contributed by atoms with Gasteiger partial charge in [-0.1, -0.05) is 30.3 Å². The Labute approximate surface area is 110 Å². The average molecular weight is 248 g/mol. The summed E-state index contributed by atoms with van der Waals surface area (Å²) in [5.74, 6) is 0.602. The maximum atomic E-state index is 10.5. The lowest BCUT2D eigenvalue weighted by atomic mass is 9.76. The summed E-state index contributed by atoms with van der Waals surface area (Å²) in [7, 11) is 0. The maximum Gasteiger partial charge on any atom is 0.0880 e. The van der Waals surface area contributed by atoms with Crippen molar-refractivity contribution in [1.82, 2.24) is 0 Å². The molecule has 2 heteroatoms. The molecule has 0 atom stereocenters. The van der Waals surface area contributed by atoms with Crippen molar-refractivity contribution in [2.45, 2.75) is 57.2 Å². The Balaban J connectivity index is 1.87. The Kier molecular flexibility index (Phi) is 4.41. The van der Waals surface area contributed by atoms with Crippen molar-refractivity contribution in [1.29, 1.82) is 0 Å². The van der Waals surface area contributed by atoms with Crippen LogP contribution in [0.25, 0.3) is 0 Å². The Hall–Kier alpha value is -0.860. The molecular weight excluding hydrogens is 224 g/mol. The van der Waals surface area contributed by atoms with E-state index in [1.807, 2.05) is 13.8 Å². The molecular formula is C16H24O2. The van der Waals surface area contributed by atoms with E-state index in [0.717, 1.165) is 25.7 Å². The zero-order valence-corrected chi connectivity index (χ0v) is 11.4. The van der Waals surface area contributed by atoms with Gasteiger partial charge in [0.25, 0.3) is 0 Å². The fourth-order valence-electron chi connectivity index (χ4n) is 2.68. The van der Waals surface area contributed by atoms with E-state index in [-0.39, 0.29) is 6.10 Å². The maximum absolute atomic E-state index is 10.5. The fourth-order valence-corrected chi connectivity index (χ4v) is 2.68. The van der Waals surface area contributed by atoms with Crippen LogP contribution in [0.3, 0.4) is 0 Å². The standard InChI is InChI=1S/C16H24O2/c1-13(2)18-12-16(17)10-8-15(9-11-16)14-6-4-3-5-7-14/h3-7,13,15,17H,8-12H2,1-2H3. The molecule has 1 aliphatic carbocycles. The second kappa shape index (κ2) is 5.85. The third-order valence-corrected chi connectivity index (χ3v) is 3.87. The highest BCUT2D eigenvalue weighted by atomic mass is 16.5. The monoisotopic (exact) mass is 248 g/mol. The van der Waals surface area contributed by atoms with Crippen LogP contribution in [0.1, 0.15) is 51.0 Å². The van der Waals surface area contributed by atoms with Crippen LogP contribution in [-0.4, -0.2) is 23.4 Å². The first kappa shape index (κ1) is 13.6. The van der Waals surface area contributed by atoms with Crippen molar-refractivity contribution in [2.24, 2.45) is 0 Å². The largest absolute Gasteiger partial charge is 0.387 e. The average Bonchev–Trinajstić information content (AvgIpc) is 2.39. The van der Waals surface area contributed by atoms with Gasteiger partial charge >= 0.3 is 0 Å². The third-order valence-electron chi connectivity index (χ3n) is 3.87. The van der Waals surface area contributed by atoms with Gasteiger partial charge in [0, 0.05) is 0 Å². The summed E-state index contributed by atoms with van der Waals surface area (Å²) in [6, 6.07) is 10.6. The highest BCUT2D eigenvalue weighted by Crippen LogP contribution is 2.38. The SMILES string of the molecule is CC(C)OCC1(O)CCC(c2ccccc2)CC1. The van der Waals surface area contributed by atoms with Crippen molar-refractivity contribution in [2.75, 3.05) is 6.61 Å². The van der Waals surface area contributed by atoms with Crippen molar-refractivity contribution in [3.8, 4) is 0 Å². The van der Waals surface area contributed by atoms with Crippen molar-refractivity contribution in [3.05, 3.63) is 35.9 Å². The highest BCUT2D eigenvalue weighted by molar-refractivity contribution is 5.20. The smallest absolute Gasteiger partial charge is 0.0880 e. The molecule has 1 N–H and O–H groups in total. The zero-order valence-electron chi connectivity index (χ0n) is 11.4. The Morgan fingerprint density at radius 3 is 2.39 bits per heavy atom. The van der Waals surface area contributed by atoms with Crippen LogP contribution in [0.5, 0.6) is 0 Å². The van der Waals surface area contributed by atoms with E-state index in [1.54, 1.807) is 0 Å². The molecule has 2 nitrogen and oxygen atoms in total. The summed E-state index contributed by atoms with van der Waals surface area (Å²) >= 11 is 0. The Bertz CT molecular complexity index is 351. The van der Waals surface area contributed by atoms with E-state index in [4.69, 9.17) is 4.74 Å². The second-order valence-corrected chi connectivity index (χ2v) is 5.77. The van der Waals surface area contributed by atoms with E-state index >= 15 is 0 Å². The number of ether oxygens (including phenoxy) is 1. The first-order valence-corrected chi connectivity index (χ1v) is 6.98. The summed E-state index contributed by atoms with van der Waals surface area (Å²) < 4.78 is 5.58. The highest BCUT2D eigenvalue weighted by Gasteiger charge is 2.34. The van der Waals surface area contributed by atoms with Crippen LogP contribution in [0.2, 0.25) is 0 Å². The van der Waals surface area contributed by atoms with Gasteiger partial charge in [0.2, 0.25) is 0 Å².